The van der Waals surface area contributed by atoms with Crippen LogP contribution in [-0.4, -0.2) is 40.7 Å². The zero-order chi connectivity index (χ0) is 16.5. The molecule has 0 fully saturated rings. The Balaban J connectivity index is 1.49. The maximum atomic E-state index is 12.1. The van der Waals surface area contributed by atoms with Crippen molar-refractivity contribution >= 4 is 11.7 Å². The molecular formula is C13H10N8O3. The Kier molecular flexibility index (Phi) is 3.16. The summed E-state index contributed by atoms with van der Waals surface area (Å²) in [5.41, 5.74) is -0.458. The Hall–Kier alpha value is -3.76. The van der Waals surface area contributed by atoms with Gasteiger partial charge in [0, 0.05) is 6.07 Å². The van der Waals surface area contributed by atoms with E-state index in [-0.39, 0.29) is 18.0 Å². The van der Waals surface area contributed by atoms with E-state index in [0.717, 1.165) is 10.6 Å². The molecule has 0 bridgehead atoms. The van der Waals surface area contributed by atoms with Gasteiger partial charge < -0.3 is 9.73 Å². The van der Waals surface area contributed by atoms with Crippen molar-refractivity contribution in [3.8, 4) is 11.6 Å². The Morgan fingerprint density at radius 1 is 1.38 bits per heavy atom. The second-order valence-electron chi connectivity index (χ2n) is 4.77. The third kappa shape index (κ3) is 2.43. The fourth-order valence-electron chi connectivity index (χ4n) is 2.08. The van der Waals surface area contributed by atoms with Gasteiger partial charge in [-0.2, -0.15) is 4.52 Å². The summed E-state index contributed by atoms with van der Waals surface area (Å²) in [5, 5.41) is 11.9. The van der Waals surface area contributed by atoms with Crippen molar-refractivity contribution in [3.63, 3.8) is 0 Å². The van der Waals surface area contributed by atoms with Crippen LogP contribution >= 0.6 is 0 Å². The van der Waals surface area contributed by atoms with Crippen LogP contribution in [0.3, 0.4) is 0 Å². The van der Waals surface area contributed by atoms with E-state index in [1.165, 1.54) is 12.6 Å². The average Bonchev–Trinajstić information content (AvgIpc) is 3.31. The molecule has 4 rings (SSSR count). The number of hydrogen-bond acceptors (Lipinski definition) is 7. The number of nitrogens with one attached hydrogen (secondary N) is 3. The molecule has 0 saturated heterocycles. The number of carbonyl (C=O) groups is 1. The van der Waals surface area contributed by atoms with Gasteiger partial charge in [0.2, 0.25) is 5.82 Å². The largest absolute Gasteiger partial charge is 0.461 e. The summed E-state index contributed by atoms with van der Waals surface area (Å²) in [4.78, 5) is 36.0. The summed E-state index contributed by atoms with van der Waals surface area (Å²) in [6.45, 7) is 0.0914. The Bertz CT molecular complexity index is 1060. The lowest BCUT2D eigenvalue weighted by atomic mass is 10.3. The number of hydrogen-bond donors (Lipinski definition) is 3. The molecule has 11 nitrogen and oxygen atoms in total. The van der Waals surface area contributed by atoms with E-state index in [0.29, 0.717) is 17.4 Å². The minimum absolute atomic E-state index is 0.0297. The second-order valence-corrected chi connectivity index (χ2v) is 4.77. The van der Waals surface area contributed by atoms with E-state index in [2.05, 4.69) is 35.6 Å². The SMILES string of the molecule is O=C(NCc1nc(-c2ccco2)n[nH]1)c1cc(=O)n2[nH]cnc2n1. The molecule has 3 N–H and O–H groups in total. The highest BCUT2D eigenvalue weighted by molar-refractivity contribution is 5.92. The first-order chi connectivity index (χ1) is 11.7. The van der Waals surface area contributed by atoms with E-state index in [1.807, 2.05) is 0 Å². The van der Waals surface area contributed by atoms with Gasteiger partial charge in [-0.15, -0.1) is 5.10 Å². The van der Waals surface area contributed by atoms with Crippen LogP contribution < -0.4 is 10.9 Å². The molecule has 11 heteroatoms. The first kappa shape index (κ1) is 13.9. The summed E-state index contributed by atoms with van der Waals surface area (Å²) < 4.78 is 6.31. The molecule has 0 saturated carbocycles. The zero-order valence-electron chi connectivity index (χ0n) is 12.1. The molecule has 4 aromatic heterocycles. The molecule has 0 aromatic carbocycles. The summed E-state index contributed by atoms with van der Waals surface area (Å²) in [6.07, 6.45) is 2.83. The number of nitrogens with zero attached hydrogens (tertiary/aromatic N) is 5. The predicted molar refractivity (Wildman–Crippen MR) is 78.9 cm³/mol. The molecular weight excluding hydrogens is 316 g/mol. The lowest BCUT2D eigenvalue weighted by Gasteiger charge is -2.02. The van der Waals surface area contributed by atoms with Gasteiger partial charge in [-0.05, 0) is 12.1 Å². The highest BCUT2D eigenvalue weighted by Gasteiger charge is 2.13. The van der Waals surface area contributed by atoms with Gasteiger partial charge in [0.05, 0.1) is 12.8 Å². The maximum absolute atomic E-state index is 12.1. The van der Waals surface area contributed by atoms with Crippen molar-refractivity contribution in [2.24, 2.45) is 0 Å². The van der Waals surface area contributed by atoms with Crippen LogP contribution in [0.2, 0.25) is 0 Å². The van der Waals surface area contributed by atoms with Crippen LogP contribution in [0.1, 0.15) is 16.3 Å². The number of fused-ring (bicyclic) bond motifs is 1. The zero-order valence-corrected chi connectivity index (χ0v) is 12.1. The lowest BCUT2D eigenvalue weighted by molar-refractivity contribution is 0.0945. The summed E-state index contributed by atoms with van der Waals surface area (Å²) >= 11 is 0. The molecule has 4 aromatic rings. The van der Waals surface area contributed by atoms with E-state index in [9.17, 15) is 9.59 Å². The summed E-state index contributed by atoms with van der Waals surface area (Å²) in [6, 6.07) is 4.57. The van der Waals surface area contributed by atoms with Crippen LogP contribution in [0.4, 0.5) is 0 Å². The molecule has 0 spiro atoms. The Morgan fingerprint density at radius 2 is 2.29 bits per heavy atom. The van der Waals surface area contributed by atoms with Crippen molar-refractivity contribution in [3.05, 3.63) is 52.7 Å². The van der Waals surface area contributed by atoms with Crippen molar-refractivity contribution in [1.29, 1.82) is 0 Å². The van der Waals surface area contributed by atoms with Crippen molar-refractivity contribution in [2.75, 3.05) is 0 Å². The van der Waals surface area contributed by atoms with Gasteiger partial charge in [0.25, 0.3) is 17.2 Å². The number of carbonyl (C=O) groups excluding carboxylic acids is 1. The van der Waals surface area contributed by atoms with Gasteiger partial charge in [0.1, 0.15) is 17.8 Å². The molecule has 0 aliphatic carbocycles. The van der Waals surface area contributed by atoms with E-state index >= 15 is 0 Å². The third-order valence-electron chi connectivity index (χ3n) is 3.19. The number of furan rings is 1. The number of H-pyrrole nitrogens is 2. The quantitative estimate of drug-likeness (QED) is 0.467. The van der Waals surface area contributed by atoms with Crippen molar-refractivity contribution < 1.29 is 9.21 Å². The minimum atomic E-state index is -0.520. The molecule has 1 amide bonds. The minimum Gasteiger partial charge on any atom is -0.461 e. The van der Waals surface area contributed by atoms with Crippen LogP contribution in [0.25, 0.3) is 17.4 Å². The van der Waals surface area contributed by atoms with Crippen LogP contribution in [0.5, 0.6) is 0 Å². The lowest BCUT2D eigenvalue weighted by Crippen LogP contribution is -2.27. The van der Waals surface area contributed by atoms with Gasteiger partial charge in [-0.1, -0.05) is 0 Å². The maximum Gasteiger partial charge on any atom is 0.274 e. The first-order valence-corrected chi connectivity index (χ1v) is 6.87. The summed E-state index contributed by atoms with van der Waals surface area (Å²) in [5.74, 6) is 0.939. The fraction of sp³-hybridized carbons (Fsp3) is 0.0769. The van der Waals surface area contributed by atoms with E-state index in [1.54, 1.807) is 12.1 Å². The smallest absolute Gasteiger partial charge is 0.274 e. The second kappa shape index (κ2) is 5.46. The first-order valence-electron chi connectivity index (χ1n) is 6.87. The molecule has 4 heterocycles. The number of amides is 1. The molecule has 0 aliphatic heterocycles. The Morgan fingerprint density at radius 3 is 3.12 bits per heavy atom. The summed E-state index contributed by atoms with van der Waals surface area (Å²) in [7, 11) is 0. The third-order valence-corrected chi connectivity index (χ3v) is 3.19. The molecule has 0 unspecified atom stereocenters. The van der Waals surface area contributed by atoms with Gasteiger partial charge in [-0.25, -0.2) is 15.0 Å². The van der Waals surface area contributed by atoms with E-state index < -0.39 is 11.5 Å². The number of aromatic amines is 2. The van der Waals surface area contributed by atoms with Gasteiger partial charge >= 0.3 is 0 Å². The average molecular weight is 326 g/mol. The van der Waals surface area contributed by atoms with Gasteiger partial charge in [-0.3, -0.25) is 19.8 Å². The van der Waals surface area contributed by atoms with Crippen LogP contribution in [0, 0.1) is 0 Å². The monoisotopic (exact) mass is 326 g/mol. The predicted octanol–water partition coefficient (Wildman–Crippen LogP) is -0.274. The molecule has 24 heavy (non-hydrogen) atoms. The highest BCUT2D eigenvalue weighted by atomic mass is 16.3. The standard InChI is InChI=1S/C13H10N8O3/c22-10-4-7(17-13-15-6-16-21(10)13)12(23)14-5-9-18-11(20-19-9)8-2-1-3-24-8/h1-4,6H,5H2,(H,14,23)(H,15,16,17)(H,18,19,20). The normalized spacial score (nSPS) is 11.0. The molecule has 0 aliphatic rings. The van der Waals surface area contributed by atoms with Crippen molar-refractivity contribution in [1.82, 2.24) is 40.1 Å². The fourth-order valence-corrected chi connectivity index (χ4v) is 2.08. The van der Waals surface area contributed by atoms with Gasteiger partial charge in [0.15, 0.2) is 5.76 Å². The number of aromatic nitrogens is 7. The highest BCUT2D eigenvalue weighted by Crippen LogP contribution is 2.14. The molecule has 120 valence electrons. The number of rotatable bonds is 4. The topological polar surface area (TPSA) is 147 Å². The van der Waals surface area contributed by atoms with Crippen molar-refractivity contribution in [2.45, 2.75) is 6.54 Å². The molecule has 0 atom stereocenters. The Labute approximate surface area is 132 Å². The van der Waals surface area contributed by atoms with E-state index in [4.69, 9.17) is 4.42 Å². The van der Waals surface area contributed by atoms with Crippen LogP contribution in [-0.2, 0) is 6.54 Å². The van der Waals surface area contributed by atoms with Crippen LogP contribution in [0.15, 0.2) is 40.0 Å². The molecule has 0 radical (unpaired) electrons.